The van der Waals surface area contributed by atoms with Gasteiger partial charge in [0.2, 0.25) is 5.91 Å². The summed E-state index contributed by atoms with van der Waals surface area (Å²) in [5, 5.41) is 11.9. The first-order chi connectivity index (χ1) is 12.6. The minimum atomic E-state index is -0.990. The van der Waals surface area contributed by atoms with Gasteiger partial charge in [-0.1, -0.05) is 30.3 Å². The average molecular weight is 378 g/mol. The number of aliphatic carboxylic acids is 1. The number of rotatable bonds is 4. The Hall–Kier alpha value is -2.22. The van der Waals surface area contributed by atoms with Crippen molar-refractivity contribution in [2.24, 2.45) is 0 Å². The topological polar surface area (TPSA) is 95.9 Å². The molecule has 2 N–H and O–H groups in total. The number of thioether (sulfide) groups is 1. The van der Waals surface area contributed by atoms with E-state index in [0.717, 1.165) is 18.4 Å². The van der Waals surface area contributed by atoms with Gasteiger partial charge in [0.25, 0.3) is 0 Å². The fraction of sp³-hybridized carbons (Fsp3) is 0.500. The van der Waals surface area contributed by atoms with E-state index in [2.05, 4.69) is 5.32 Å². The summed E-state index contributed by atoms with van der Waals surface area (Å²) in [5.74, 6) is -0.636. The summed E-state index contributed by atoms with van der Waals surface area (Å²) in [6.45, 7) is 0.117. The first kappa shape index (κ1) is 18.6. The summed E-state index contributed by atoms with van der Waals surface area (Å²) in [6.07, 6.45) is 1.81. The number of carboxylic acid groups (broad SMARTS) is 1. The highest BCUT2D eigenvalue weighted by atomic mass is 32.2. The second-order valence-electron chi connectivity index (χ2n) is 6.40. The number of piperidine rings is 1. The third-order valence-electron chi connectivity index (χ3n) is 4.63. The van der Waals surface area contributed by atoms with E-state index in [1.165, 1.54) is 4.90 Å². The van der Waals surface area contributed by atoms with Gasteiger partial charge in [-0.15, -0.1) is 11.8 Å². The van der Waals surface area contributed by atoms with E-state index in [4.69, 9.17) is 4.74 Å². The van der Waals surface area contributed by atoms with Gasteiger partial charge in [-0.25, -0.2) is 9.59 Å². The maximum Gasteiger partial charge on any atom is 0.408 e. The van der Waals surface area contributed by atoms with Crippen molar-refractivity contribution in [2.45, 2.75) is 49.7 Å². The number of nitrogens with zero attached hydrogens (tertiary/aromatic N) is 1. The van der Waals surface area contributed by atoms with Crippen LogP contribution in [0.4, 0.5) is 4.79 Å². The quantitative estimate of drug-likeness (QED) is 0.834. The standard InChI is InChI=1S/C18H22N2O5S/c21-16-13(19-18(24)25-11-12-5-2-1-3-6-12)9-10-26-15-8-4-7-14(17(22)23)20(15)16/h1-3,5-6,13-15H,4,7-11H2,(H,19,24)(H,22,23). The van der Waals surface area contributed by atoms with Crippen molar-refractivity contribution in [1.82, 2.24) is 10.2 Å². The lowest BCUT2D eigenvalue weighted by atomic mass is 10.0. The zero-order chi connectivity index (χ0) is 18.5. The van der Waals surface area contributed by atoms with Crippen LogP contribution in [0.25, 0.3) is 0 Å². The van der Waals surface area contributed by atoms with Crippen LogP contribution in [-0.4, -0.2) is 51.2 Å². The summed E-state index contributed by atoms with van der Waals surface area (Å²) >= 11 is 1.58. The molecule has 3 atom stereocenters. The summed E-state index contributed by atoms with van der Waals surface area (Å²) in [5.41, 5.74) is 0.854. The van der Waals surface area contributed by atoms with Crippen molar-refractivity contribution < 1.29 is 24.2 Å². The van der Waals surface area contributed by atoms with Crippen molar-refractivity contribution in [3.63, 3.8) is 0 Å². The van der Waals surface area contributed by atoms with Crippen molar-refractivity contribution in [3.8, 4) is 0 Å². The molecule has 3 rings (SSSR count). The molecule has 0 aromatic heterocycles. The maximum absolute atomic E-state index is 12.9. The van der Waals surface area contributed by atoms with Crippen LogP contribution in [0.2, 0.25) is 0 Å². The van der Waals surface area contributed by atoms with Crippen molar-refractivity contribution >= 4 is 29.7 Å². The van der Waals surface area contributed by atoms with Gasteiger partial charge in [0, 0.05) is 0 Å². The van der Waals surface area contributed by atoms with Gasteiger partial charge in [-0.05, 0) is 37.0 Å². The van der Waals surface area contributed by atoms with Crippen LogP contribution in [0.1, 0.15) is 31.2 Å². The second-order valence-corrected chi connectivity index (χ2v) is 7.69. The molecular weight excluding hydrogens is 356 g/mol. The lowest BCUT2D eigenvalue weighted by Crippen LogP contribution is -2.57. The Morgan fingerprint density at radius 2 is 2.00 bits per heavy atom. The van der Waals surface area contributed by atoms with Crippen LogP contribution in [0.5, 0.6) is 0 Å². The largest absolute Gasteiger partial charge is 0.480 e. The minimum Gasteiger partial charge on any atom is -0.480 e. The Labute approximate surface area is 156 Å². The molecule has 26 heavy (non-hydrogen) atoms. The maximum atomic E-state index is 12.9. The van der Waals surface area contributed by atoms with Crippen molar-refractivity contribution in [1.29, 1.82) is 0 Å². The number of carbonyl (C=O) groups is 3. The molecule has 0 saturated carbocycles. The van der Waals surface area contributed by atoms with E-state index in [-0.39, 0.29) is 17.9 Å². The van der Waals surface area contributed by atoms with Gasteiger partial charge in [-0.3, -0.25) is 4.79 Å². The summed E-state index contributed by atoms with van der Waals surface area (Å²) in [6, 6.07) is 7.69. The van der Waals surface area contributed by atoms with Gasteiger partial charge in [0.15, 0.2) is 0 Å². The molecule has 2 fully saturated rings. The molecule has 0 bridgehead atoms. The van der Waals surface area contributed by atoms with E-state index in [1.807, 2.05) is 30.3 Å². The number of alkyl carbamates (subject to hydrolysis) is 1. The van der Waals surface area contributed by atoms with E-state index < -0.39 is 24.1 Å². The number of fused-ring (bicyclic) bond motifs is 1. The lowest BCUT2D eigenvalue weighted by Gasteiger charge is -2.39. The molecule has 0 radical (unpaired) electrons. The van der Waals surface area contributed by atoms with Crippen LogP contribution in [0, 0.1) is 0 Å². The van der Waals surface area contributed by atoms with E-state index in [0.29, 0.717) is 18.6 Å². The molecule has 2 amide bonds. The van der Waals surface area contributed by atoms with Gasteiger partial charge in [0.05, 0.1) is 5.37 Å². The lowest BCUT2D eigenvalue weighted by molar-refractivity contribution is -0.153. The normalized spacial score (nSPS) is 25.8. The van der Waals surface area contributed by atoms with E-state index in [9.17, 15) is 19.5 Å². The third-order valence-corrected chi connectivity index (χ3v) is 5.95. The number of carbonyl (C=O) groups excluding carboxylic acids is 2. The first-order valence-electron chi connectivity index (χ1n) is 8.70. The highest BCUT2D eigenvalue weighted by Gasteiger charge is 2.43. The molecule has 140 valence electrons. The fourth-order valence-corrected chi connectivity index (χ4v) is 4.72. The molecule has 2 saturated heterocycles. The Kier molecular flexibility index (Phi) is 6.03. The predicted molar refractivity (Wildman–Crippen MR) is 96.5 cm³/mol. The van der Waals surface area contributed by atoms with Crippen molar-refractivity contribution in [2.75, 3.05) is 5.75 Å². The molecule has 8 heteroatoms. The van der Waals surface area contributed by atoms with Crippen LogP contribution in [0.3, 0.4) is 0 Å². The van der Waals surface area contributed by atoms with Gasteiger partial charge >= 0.3 is 12.1 Å². The molecule has 0 aliphatic carbocycles. The third kappa shape index (κ3) is 4.30. The van der Waals surface area contributed by atoms with Gasteiger partial charge in [-0.2, -0.15) is 0 Å². The molecule has 7 nitrogen and oxygen atoms in total. The smallest absolute Gasteiger partial charge is 0.408 e. The predicted octanol–water partition coefficient (Wildman–Crippen LogP) is 2.21. The number of hydrogen-bond donors (Lipinski definition) is 2. The number of carboxylic acids is 1. The van der Waals surface area contributed by atoms with E-state index in [1.54, 1.807) is 11.8 Å². The molecule has 1 aromatic carbocycles. The molecule has 3 unspecified atom stereocenters. The highest BCUT2D eigenvalue weighted by molar-refractivity contribution is 7.99. The molecule has 1 aromatic rings. The van der Waals surface area contributed by atoms with Crippen LogP contribution < -0.4 is 5.32 Å². The fourth-order valence-electron chi connectivity index (χ4n) is 3.33. The Balaban J connectivity index is 1.62. The zero-order valence-corrected chi connectivity index (χ0v) is 15.1. The number of hydrogen-bond acceptors (Lipinski definition) is 5. The second kappa shape index (κ2) is 8.44. The highest BCUT2D eigenvalue weighted by Crippen LogP contribution is 2.34. The van der Waals surface area contributed by atoms with Gasteiger partial charge in [0.1, 0.15) is 18.7 Å². The molecule has 2 aliphatic heterocycles. The zero-order valence-electron chi connectivity index (χ0n) is 14.3. The van der Waals surface area contributed by atoms with Crippen LogP contribution in [0.15, 0.2) is 30.3 Å². The monoisotopic (exact) mass is 378 g/mol. The summed E-state index contributed by atoms with van der Waals surface area (Å²) in [4.78, 5) is 38.0. The summed E-state index contributed by atoms with van der Waals surface area (Å²) < 4.78 is 5.19. The number of benzene rings is 1. The van der Waals surface area contributed by atoms with E-state index >= 15 is 0 Å². The Bertz CT molecular complexity index is 669. The molecule has 0 spiro atoms. The SMILES string of the molecule is O=C(NC1CCSC2CCCC(C(=O)O)N2C1=O)OCc1ccccc1. The number of amides is 2. The molecule has 2 aliphatic rings. The molecule has 2 heterocycles. The van der Waals surface area contributed by atoms with Gasteiger partial charge < -0.3 is 20.1 Å². The first-order valence-corrected chi connectivity index (χ1v) is 9.75. The average Bonchev–Trinajstić information content (AvgIpc) is 2.80. The number of ether oxygens (including phenoxy) is 1. The van der Waals surface area contributed by atoms with Crippen LogP contribution in [-0.2, 0) is 20.9 Å². The van der Waals surface area contributed by atoms with Crippen LogP contribution >= 0.6 is 11.8 Å². The number of nitrogens with one attached hydrogen (secondary N) is 1. The molecular formula is C18H22N2O5S. The Morgan fingerprint density at radius 3 is 2.73 bits per heavy atom. The Morgan fingerprint density at radius 1 is 1.23 bits per heavy atom. The summed E-state index contributed by atoms with van der Waals surface area (Å²) in [7, 11) is 0. The minimum absolute atomic E-state index is 0.117. The van der Waals surface area contributed by atoms with Crippen molar-refractivity contribution in [3.05, 3.63) is 35.9 Å².